The van der Waals surface area contributed by atoms with E-state index in [1.165, 1.54) is 6.07 Å². The number of pyridine rings is 1. The lowest BCUT2D eigenvalue weighted by molar-refractivity contribution is 0.600. The van der Waals surface area contributed by atoms with Crippen molar-refractivity contribution >= 4 is 27.3 Å². The number of hydrogen-bond acceptors (Lipinski definition) is 4. The second-order valence-electron chi connectivity index (χ2n) is 4.63. The zero-order valence-electron chi connectivity index (χ0n) is 11.7. The first-order valence-corrected chi connectivity index (χ1v) is 8.15. The van der Waals surface area contributed by atoms with Gasteiger partial charge in [-0.15, -0.1) is 0 Å². The molecular formula is C14H16ClN3O2S. The van der Waals surface area contributed by atoms with Crippen LogP contribution in [0.4, 0.5) is 5.69 Å². The number of aromatic nitrogens is 1. The van der Waals surface area contributed by atoms with Gasteiger partial charge in [0.05, 0.1) is 16.3 Å². The second-order valence-corrected chi connectivity index (χ2v) is 6.72. The minimum atomic E-state index is -3.75. The fraction of sp³-hybridized carbons (Fsp3) is 0.214. The Kier molecular flexibility index (Phi) is 4.51. The van der Waals surface area contributed by atoms with Crippen LogP contribution in [0.5, 0.6) is 0 Å². The van der Waals surface area contributed by atoms with E-state index in [1.54, 1.807) is 38.2 Å². The summed E-state index contributed by atoms with van der Waals surface area (Å²) >= 11 is 5.98. The molecule has 0 aliphatic carbocycles. The van der Waals surface area contributed by atoms with Gasteiger partial charge in [-0.1, -0.05) is 11.6 Å². The van der Waals surface area contributed by atoms with Crippen molar-refractivity contribution in [3.8, 4) is 0 Å². The fourth-order valence-corrected chi connectivity index (χ4v) is 3.73. The van der Waals surface area contributed by atoms with Crippen molar-refractivity contribution < 1.29 is 8.42 Å². The molecule has 0 aliphatic rings. The summed E-state index contributed by atoms with van der Waals surface area (Å²) in [6.07, 6.45) is 1.60. The van der Waals surface area contributed by atoms with E-state index in [-0.39, 0.29) is 11.4 Å². The lowest BCUT2D eigenvalue weighted by Crippen LogP contribution is -2.16. The quantitative estimate of drug-likeness (QED) is 0.904. The first-order chi connectivity index (χ1) is 9.85. The van der Waals surface area contributed by atoms with E-state index in [9.17, 15) is 8.42 Å². The molecule has 0 bridgehead atoms. The third kappa shape index (κ3) is 3.34. The van der Waals surface area contributed by atoms with Crippen LogP contribution < -0.4 is 10.5 Å². The van der Waals surface area contributed by atoms with E-state index in [2.05, 4.69) is 9.71 Å². The first kappa shape index (κ1) is 15.8. The molecule has 0 fully saturated rings. The Morgan fingerprint density at radius 2 is 2.05 bits per heavy atom. The van der Waals surface area contributed by atoms with Gasteiger partial charge in [0, 0.05) is 17.8 Å². The van der Waals surface area contributed by atoms with Crippen LogP contribution in [0.3, 0.4) is 0 Å². The number of nitrogens with two attached hydrogens (primary N) is 1. The lowest BCUT2D eigenvalue weighted by atomic mass is 10.1. The summed E-state index contributed by atoms with van der Waals surface area (Å²) in [5, 5.41) is 0.337. The van der Waals surface area contributed by atoms with Crippen LogP contribution in [0.15, 0.2) is 35.4 Å². The van der Waals surface area contributed by atoms with Crippen molar-refractivity contribution in [1.29, 1.82) is 0 Å². The number of nitrogens with zero attached hydrogens (tertiary/aromatic N) is 1. The van der Waals surface area contributed by atoms with E-state index in [0.29, 0.717) is 27.5 Å². The first-order valence-electron chi connectivity index (χ1n) is 6.28. The average Bonchev–Trinajstić information content (AvgIpc) is 2.43. The summed E-state index contributed by atoms with van der Waals surface area (Å²) in [4.78, 5) is 4.18. The second kappa shape index (κ2) is 6.01. The highest BCUT2D eigenvalue weighted by molar-refractivity contribution is 7.92. The number of benzene rings is 1. The number of nitrogens with one attached hydrogen (secondary N) is 1. The van der Waals surface area contributed by atoms with Gasteiger partial charge in [-0.25, -0.2) is 8.42 Å². The Labute approximate surface area is 129 Å². The number of aryl methyl sites for hydroxylation is 1. The van der Waals surface area contributed by atoms with Gasteiger partial charge >= 0.3 is 0 Å². The van der Waals surface area contributed by atoms with Gasteiger partial charge in [0.2, 0.25) is 0 Å². The smallest absolute Gasteiger partial charge is 0.262 e. The summed E-state index contributed by atoms with van der Waals surface area (Å²) < 4.78 is 27.6. The van der Waals surface area contributed by atoms with Crippen molar-refractivity contribution in [2.24, 2.45) is 5.73 Å². The van der Waals surface area contributed by atoms with Gasteiger partial charge in [0.15, 0.2) is 0 Å². The minimum Gasteiger partial charge on any atom is -0.326 e. The van der Waals surface area contributed by atoms with Crippen molar-refractivity contribution in [1.82, 2.24) is 4.98 Å². The maximum absolute atomic E-state index is 12.6. The summed E-state index contributed by atoms with van der Waals surface area (Å²) in [5.74, 6) is 0. The van der Waals surface area contributed by atoms with Crippen LogP contribution in [-0.4, -0.2) is 13.4 Å². The highest BCUT2D eigenvalue weighted by Gasteiger charge is 2.20. The molecule has 7 heteroatoms. The van der Waals surface area contributed by atoms with Crippen molar-refractivity contribution in [2.45, 2.75) is 25.3 Å². The Hall–Kier alpha value is -1.63. The predicted molar refractivity (Wildman–Crippen MR) is 83.9 cm³/mol. The maximum atomic E-state index is 12.6. The molecule has 0 radical (unpaired) electrons. The highest BCUT2D eigenvalue weighted by Crippen LogP contribution is 2.26. The van der Waals surface area contributed by atoms with Gasteiger partial charge in [0.1, 0.15) is 0 Å². The molecule has 1 aromatic carbocycles. The van der Waals surface area contributed by atoms with Crippen LogP contribution in [-0.2, 0) is 16.6 Å². The minimum absolute atomic E-state index is 0.124. The zero-order valence-corrected chi connectivity index (χ0v) is 13.3. The van der Waals surface area contributed by atoms with E-state index in [4.69, 9.17) is 17.3 Å². The monoisotopic (exact) mass is 325 g/mol. The van der Waals surface area contributed by atoms with Crippen molar-refractivity contribution in [3.05, 3.63) is 52.3 Å². The fourth-order valence-electron chi connectivity index (χ4n) is 1.99. The number of anilines is 1. The number of rotatable bonds is 4. The molecule has 2 aromatic rings. The Bertz CT molecular complexity index is 776. The number of sulfonamides is 1. The van der Waals surface area contributed by atoms with Crippen LogP contribution in [0.1, 0.15) is 16.8 Å². The van der Waals surface area contributed by atoms with Gasteiger partial charge in [-0.05, 0) is 49.2 Å². The van der Waals surface area contributed by atoms with E-state index in [0.717, 1.165) is 0 Å². The van der Waals surface area contributed by atoms with Crippen molar-refractivity contribution in [3.63, 3.8) is 0 Å². The zero-order chi connectivity index (χ0) is 15.6. The van der Waals surface area contributed by atoms with E-state index >= 15 is 0 Å². The Morgan fingerprint density at radius 1 is 1.33 bits per heavy atom. The largest absolute Gasteiger partial charge is 0.326 e. The van der Waals surface area contributed by atoms with Crippen LogP contribution in [0, 0.1) is 13.8 Å². The molecule has 21 heavy (non-hydrogen) atoms. The van der Waals surface area contributed by atoms with E-state index in [1.807, 2.05) is 0 Å². The molecule has 0 saturated carbocycles. The lowest BCUT2D eigenvalue weighted by Gasteiger charge is -2.14. The summed E-state index contributed by atoms with van der Waals surface area (Å²) in [6.45, 7) is 3.66. The summed E-state index contributed by atoms with van der Waals surface area (Å²) in [5.41, 5.74) is 7.95. The molecular weight excluding hydrogens is 310 g/mol. The molecule has 0 saturated heterocycles. The number of halogens is 1. The standard InChI is InChI=1S/C14H16ClN3O2S/c1-9-11(8-16)6-12(15)7-14(9)21(19,20)18-13-4-3-5-17-10(13)2/h3-7,18H,8,16H2,1-2H3. The molecule has 0 atom stereocenters. The molecule has 0 spiro atoms. The van der Waals surface area contributed by atoms with Gasteiger partial charge in [-0.3, -0.25) is 9.71 Å². The highest BCUT2D eigenvalue weighted by atomic mass is 35.5. The molecule has 0 aliphatic heterocycles. The van der Waals surface area contributed by atoms with Crippen LogP contribution in [0.2, 0.25) is 5.02 Å². The topological polar surface area (TPSA) is 85.1 Å². The number of hydrogen-bond donors (Lipinski definition) is 2. The van der Waals surface area contributed by atoms with E-state index < -0.39 is 10.0 Å². The molecule has 0 unspecified atom stereocenters. The molecule has 3 N–H and O–H groups in total. The molecule has 0 amide bonds. The third-order valence-electron chi connectivity index (χ3n) is 3.19. The molecule has 2 rings (SSSR count). The molecule has 5 nitrogen and oxygen atoms in total. The molecule has 1 aromatic heterocycles. The van der Waals surface area contributed by atoms with Gasteiger partial charge < -0.3 is 5.73 Å². The SMILES string of the molecule is Cc1ncccc1NS(=O)(=O)c1cc(Cl)cc(CN)c1C. The van der Waals surface area contributed by atoms with Gasteiger partial charge in [-0.2, -0.15) is 0 Å². The van der Waals surface area contributed by atoms with Crippen LogP contribution >= 0.6 is 11.6 Å². The molecule has 112 valence electrons. The van der Waals surface area contributed by atoms with Crippen molar-refractivity contribution in [2.75, 3.05) is 4.72 Å². The molecule has 1 heterocycles. The summed E-state index contributed by atoms with van der Waals surface area (Å²) in [6, 6.07) is 6.42. The Morgan fingerprint density at radius 3 is 2.67 bits per heavy atom. The predicted octanol–water partition coefficient (Wildman–Crippen LogP) is 2.61. The normalized spacial score (nSPS) is 11.4. The maximum Gasteiger partial charge on any atom is 0.262 e. The summed E-state index contributed by atoms with van der Waals surface area (Å²) in [7, 11) is -3.75. The van der Waals surface area contributed by atoms with Gasteiger partial charge in [0.25, 0.3) is 10.0 Å². The third-order valence-corrected chi connectivity index (χ3v) is 4.90. The van der Waals surface area contributed by atoms with Crippen LogP contribution in [0.25, 0.3) is 0 Å². The Balaban J connectivity index is 2.50. The average molecular weight is 326 g/mol.